The summed E-state index contributed by atoms with van der Waals surface area (Å²) >= 11 is 0. The Bertz CT molecular complexity index is 1490. The SMILES string of the molecule is CC/C=C\C/C=C\C/C=C\C/C=C\CCCCCCCCCCCCCCCCCCCCCCC(=O)OCC(COC(=O)CCCCCCCCC)OC(=O)CCCCCCCCCCCCC/C=C\C/C=C\CCCCCCC. The predicted octanol–water partition coefficient (Wildman–Crippen LogP) is 24.4. The first kappa shape index (κ1) is 77.9. The zero-order valence-corrected chi connectivity index (χ0v) is 54.1. The highest BCUT2D eigenvalue weighted by Gasteiger charge is 2.19. The number of unbranched alkanes of at least 4 members (excludes halogenated alkanes) is 42. The van der Waals surface area contributed by atoms with Gasteiger partial charge < -0.3 is 14.2 Å². The average Bonchev–Trinajstić information content (AvgIpc) is 3.47. The number of carbonyl (C=O) groups excluding carboxylic acids is 3. The van der Waals surface area contributed by atoms with Crippen LogP contribution in [0.25, 0.3) is 0 Å². The Hall–Kier alpha value is -3.15. The summed E-state index contributed by atoms with van der Waals surface area (Å²) in [7, 11) is 0. The number of rotatable bonds is 65. The van der Waals surface area contributed by atoms with Crippen LogP contribution in [-0.4, -0.2) is 37.2 Å². The van der Waals surface area contributed by atoms with E-state index in [0.29, 0.717) is 19.3 Å². The lowest BCUT2D eigenvalue weighted by Crippen LogP contribution is -2.30. The largest absolute Gasteiger partial charge is 0.462 e. The van der Waals surface area contributed by atoms with Crippen LogP contribution in [-0.2, 0) is 28.6 Å². The number of hydrogen-bond donors (Lipinski definition) is 0. The van der Waals surface area contributed by atoms with Crippen LogP contribution in [0.5, 0.6) is 0 Å². The lowest BCUT2D eigenvalue weighted by Gasteiger charge is -2.18. The third-order valence-corrected chi connectivity index (χ3v) is 15.7. The van der Waals surface area contributed by atoms with Crippen molar-refractivity contribution in [2.45, 2.75) is 374 Å². The van der Waals surface area contributed by atoms with E-state index < -0.39 is 6.10 Å². The van der Waals surface area contributed by atoms with Gasteiger partial charge in [0.2, 0.25) is 0 Å². The summed E-state index contributed by atoms with van der Waals surface area (Å²) < 4.78 is 16.9. The van der Waals surface area contributed by atoms with Gasteiger partial charge in [-0.15, -0.1) is 0 Å². The molecule has 0 saturated carbocycles. The third kappa shape index (κ3) is 67.5. The summed E-state index contributed by atoms with van der Waals surface area (Å²) in [5.74, 6) is -0.858. The summed E-state index contributed by atoms with van der Waals surface area (Å²) in [5, 5.41) is 0. The summed E-state index contributed by atoms with van der Waals surface area (Å²) in [6, 6.07) is 0. The van der Waals surface area contributed by atoms with E-state index in [1.807, 2.05) is 0 Å². The van der Waals surface area contributed by atoms with Crippen LogP contribution < -0.4 is 0 Å². The van der Waals surface area contributed by atoms with E-state index in [2.05, 4.69) is 93.7 Å². The quantitative estimate of drug-likeness (QED) is 0.0261. The molecule has 0 aliphatic rings. The number of hydrogen-bond acceptors (Lipinski definition) is 6. The molecule has 0 aliphatic carbocycles. The van der Waals surface area contributed by atoms with E-state index in [-0.39, 0.29) is 31.1 Å². The zero-order chi connectivity index (χ0) is 58.5. The fraction of sp³-hybridized carbons (Fsp3) is 0.800. The Morgan fingerprint density at radius 2 is 0.481 bits per heavy atom. The fourth-order valence-electron chi connectivity index (χ4n) is 10.4. The van der Waals surface area contributed by atoms with Gasteiger partial charge in [-0.2, -0.15) is 0 Å². The van der Waals surface area contributed by atoms with Crippen LogP contribution in [0.4, 0.5) is 0 Å². The van der Waals surface area contributed by atoms with Crippen molar-refractivity contribution in [2.75, 3.05) is 13.2 Å². The van der Waals surface area contributed by atoms with Crippen molar-refractivity contribution in [2.24, 2.45) is 0 Å². The van der Waals surface area contributed by atoms with E-state index in [0.717, 1.165) is 89.9 Å². The molecule has 0 N–H and O–H groups in total. The van der Waals surface area contributed by atoms with Gasteiger partial charge in [0.15, 0.2) is 6.10 Å². The molecule has 6 nitrogen and oxygen atoms in total. The third-order valence-electron chi connectivity index (χ3n) is 15.7. The molecule has 6 heteroatoms. The first-order valence-electron chi connectivity index (χ1n) is 35.4. The van der Waals surface area contributed by atoms with Gasteiger partial charge in [0.1, 0.15) is 13.2 Å². The van der Waals surface area contributed by atoms with Crippen molar-refractivity contribution in [3.8, 4) is 0 Å². The maximum Gasteiger partial charge on any atom is 0.306 e. The highest BCUT2D eigenvalue weighted by atomic mass is 16.6. The summed E-state index contributed by atoms with van der Waals surface area (Å²) in [6.07, 6.45) is 91.1. The monoisotopic (exact) mass is 1130 g/mol. The fourth-order valence-corrected chi connectivity index (χ4v) is 10.4. The van der Waals surface area contributed by atoms with E-state index >= 15 is 0 Å². The van der Waals surface area contributed by atoms with Gasteiger partial charge in [-0.3, -0.25) is 14.4 Å². The van der Waals surface area contributed by atoms with Gasteiger partial charge in [-0.05, 0) is 89.9 Å². The van der Waals surface area contributed by atoms with E-state index in [9.17, 15) is 14.4 Å². The Kier molecular flexibility index (Phi) is 66.6. The van der Waals surface area contributed by atoms with Gasteiger partial charge in [-0.25, -0.2) is 0 Å². The van der Waals surface area contributed by atoms with Crippen molar-refractivity contribution in [1.29, 1.82) is 0 Å². The molecule has 81 heavy (non-hydrogen) atoms. The number of allylic oxidation sites excluding steroid dienone is 12. The minimum Gasteiger partial charge on any atom is -0.462 e. The Morgan fingerprint density at radius 1 is 0.259 bits per heavy atom. The van der Waals surface area contributed by atoms with Crippen molar-refractivity contribution >= 4 is 17.9 Å². The Morgan fingerprint density at radius 3 is 0.753 bits per heavy atom. The topological polar surface area (TPSA) is 78.9 Å². The molecule has 0 amide bonds. The molecule has 0 aromatic rings. The highest BCUT2D eigenvalue weighted by molar-refractivity contribution is 5.71. The van der Waals surface area contributed by atoms with Crippen molar-refractivity contribution in [3.63, 3.8) is 0 Å². The Labute approximate surface area is 503 Å². The summed E-state index contributed by atoms with van der Waals surface area (Å²) in [6.45, 7) is 6.52. The normalized spacial score (nSPS) is 12.5. The predicted molar refractivity (Wildman–Crippen MR) is 353 cm³/mol. The molecule has 0 spiro atoms. The van der Waals surface area contributed by atoms with Crippen LogP contribution in [0, 0.1) is 0 Å². The second-order valence-corrected chi connectivity index (χ2v) is 23.8. The molecule has 0 aromatic heterocycles. The average molecular weight is 1130 g/mol. The minimum absolute atomic E-state index is 0.0706. The van der Waals surface area contributed by atoms with Crippen LogP contribution in [0.3, 0.4) is 0 Å². The maximum absolute atomic E-state index is 12.9. The molecular formula is C75H134O6. The van der Waals surface area contributed by atoms with Gasteiger partial charge in [-0.1, -0.05) is 331 Å². The standard InChI is InChI=1S/C75H134O6/c1-4-7-10-13-16-18-20-22-24-26-28-30-32-33-34-35-36-37-38-39-40-41-43-44-46-48-50-52-54-56-59-62-65-68-74(77)80-71-72(70-79-73(76)67-64-61-58-15-12-9-6-3)81-75(78)69-66-63-60-57-55-53-51-49-47-45-42-31-29-27-25-23-21-19-17-14-11-8-5-2/h7,10,16,18,21-24,27-30,72H,4-6,8-9,11-15,17,19-20,25-26,31-71H2,1-3H3/b10-7-,18-16-,23-21-,24-22-,29-27-,30-28-. The van der Waals surface area contributed by atoms with Gasteiger partial charge >= 0.3 is 17.9 Å². The zero-order valence-electron chi connectivity index (χ0n) is 54.1. The van der Waals surface area contributed by atoms with Crippen LogP contribution in [0.1, 0.15) is 367 Å². The molecule has 470 valence electrons. The van der Waals surface area contributed by atoms with Crippen LogP contribution >= 0.6 is 0 Å². The van der Waals surface area contributed by atoms with Crippen molar-refractivity contribution in [1.82, 2.24) is 0 Å². The van der Waals surface area contributed by atoms with Crippen molar-refractivity contribution in [3.05, 3.63) is 72.9 Å². The molecule has 0 aromatic carbocycles. The molecule has 0 saturated heterocycles. The minimum atomic E-state index is -0.772. The smallest absolute Gasteiger partial charge is 0.306 e. The molecule has 0 aliphatic heterocycles. The molecule has 0 radical (unpaired) electrons. The number of ether oxygens (including phenoxy) is 3. The number of carbonyl (C=O) groups is 3. The van der Waals surface area contributed by atoms with E-state index in [4.69, 9.17) is 14.2 Å². The summed E-state index contributed by atoms with van der Waals surface area (Å²) in [5.41, 5.74) is 0. The Balaban J connectivity index is 4.00. The van der Waals surface area contributed by atoms with E-state index in [1.165, 1.54) is 238 Å². The molecule has 0 heterocycles. The second kappa shape index (κ2) is 69.3. The molecule has 0 fully saturated rings. The molecule has 0 bridgehead atoms. The van der Waals surface area contributed by atoms with E-state index in [1.54, 1.807) is 0 Å². The van der Waals surface area contributed by atoms with Gasteiger partial charge in [0.05, 0.1) is 0 Å². The molecular weight excluding hydrogens is 997 g/mol. The summed E-state index contributed by atoms with van der Waals surface area (Å²) in [4.78, 5) is 38.2. The second-order valence-electron chi connectivity index (χ2n) is 23.8. The first-order chi connectivity index (χ1) is 40.0. The molecule has 0 rings (SSSR count). The highest BCUT2D eigenvalue weighted by Crippen LogP contribution is 2.18. The lowest BCUT2D eigenvalue weighted by atomic mass is 10.0. The number of esters is 3. The van der Waals surface area contributed by atoms with Gasteiger partial charge in [0.25, 0.3) is 0 Å². The first-order valence-corrected chi connectivity index (χ1v) is 35.4. The molecule has 1 unspecified atom stereocenters. The maximum atomic E-state index is 12.9. The van der Waals surface area contributed by atoms with Crippen LogP contribution in [0.2, 0.25) is 0 Å². The lowest BCUT2D eigenvalue weighted by molar-refractivity contribution is -0.167. The van der Waals surface area contributed by atoms with Gasteiger partial charge in [0, 0.05) is 19.3 Å². The van der Waals surface area contributed by atoms with Crippen molar-refractivity contribution < 1.29 is 28.6 Å². The molecule has 1 atom stereocenters. The van der Waals surface area contributed by atoms with Crippen LogP contribution in [0.15, 0.2) is 72.9 Å².